The molecular weight excluding hydrogens is 565 g/mol. The van der Waals surface area contributed by atoms with Crippen LogP contribution in [0.1, 0.15) is 28.7 Å². The summed E-state index contributed by atoms with van der Waals surface area (Å²) in [6.07, 6.45) is 0. The number of hydrogen-bond acceptors (Lipinski definition) is 9. The number of halogens is 1. The van der Waals surface area contributed by atoms with Crippen LogP contribution in [0.2, 0.25) is 0 Å². The maximum atomic E-state index is 14.5. The molecule has 5 aromatic rings. The highest BCUT2D eigenvalue weighted by molar-refractivity contribution is 8.00. The molecule has 1 unspecified atom stereocenters. The zero-order valence-corrected chi connectivity index (χ0v) is 23.5. The number of hydrogen-bond donors (Lipinski definition) is 1. The van der Waals surface area contributed by atoms with Crippen LogP contribution in [-0.4, -0.2) is 34.1 Å². The Morgan fingerprint density at radius 1 is 1.10 bits per heavy atom. The van der Waals surface area contributed by atoms with Crippen LogP contribution in [0.25, 0.3) is 16.5 Å². The van der Waals surface area contributed by atoms with E-state index in [-0.39, 0.29) is 27.8 Å². The summed E-state index contributed by atoms with van der Waals surface area (Å²) in [6, 6.07) is 20.2. The number of furan rings is 1. The van der Waals surface area contributed by atoms with Gasteiger partial charge in [0.1, 0.15) is 23.3 Å². The van der Waals surface area contributed by atoms with E-state index < -0.39 is 29.3 Å². The van der Waals surface area contributed by atoms with Crippen LogP contribution in [0.15, 0.2) is 87.1 Å². The van der Waals surface area contributed by atoms with Gasteiger partial charge in [0.2, 0.25) is 5.13 Å². The molecule has 11 heteroatoms. The van der Waals surface area contributed by atoms with Crippen molar-refractivity contribution < 1.29 is 28.2 Å². The minimum absolute atomic E-state index is 0.0122. The number of aromatic nitrogens is 2. The number of anilines is 1. The molecule has 0 saturated carbocycles. The molecule has 1 atom stereocenters. The van der Waals surface area contributed by atoms with Gasteiger partial charge in [0.15, 0.2) is 15.9 Å². The van der Waals surface area contributed by atoms with Crippen molar-refractivity contribution >= 4 is 56.5 Å². The normalized spacial score (nSPS) is 16.6. The Hall–Kier alpha value is -4.48. The second-order valence-electron chi connectivity index (χ2n) is 9.24. The number of carbonyl (C=O) groups excluding carboxylic acids is 2. The second kappa shape index (κ2) is 10.8. The van der Waals surface area contributed by atoms with Crippen LogP contribution in [0, 0.1) is 12.7 Å². The first-order valence-corrected chi connectivity index (χ1v) is 14.3. The van der Waals surface area contributed by atoms with Crippen LogP contribution >= 0.6 is 23.1 Å². The van der Waals surface area contributed by atoms with E-state index in [1.54, 1.807) is 19.1 Å². The van der Waals surface area contributed by atoms with Crippen LogP contribution < -0.4 is 9.64 Å². The van der Waals surface area contributed by atoms with Gasteiger partial charge < -0.3 is 14.3 Å². The summed E-state index contributed by atoms with van der Waals surface area (Å²) in [7, 11) is 1.32. The molecule has 1 aliphatic heterocycles. The molecule has 1 N–H and O–H groups in total. The highest BCUT2D eigenvalue weighted by Crippen LogP contribution is 2.44. The maximum absolute atomic E-state index is 14.5. The molecule has 1 aliphatic rings. The number of nitrogens with zero attached hydrogens (tertiary/aromatic N) is 3. The van der Waals surface area contributed by atoms with Crippen molar-refractivity contribution in [3.8, 4) is 5.75 Å². The van der Waals surface area contributed by atoms with E-state index in [1.165, 1.54) is 35.9 Å². The SMILES string of the molecule is COc1ccc(C(O)=C2C(=O)C(=O)N(c3nnc(SCc4cccc5ccccc45)s3)C2c2ccc(C)o2)cc1F. The molecule has 8 nitrogen and oxygen atoms in total. The number of carbonyl (C=O) groups is 2. The lowest BCUT2D eigenvalue weighted by atomic mass is 9.99. The number of ketones is 1. The smallest absolute Gasteiger partial charge is 0.302 e. The third-order valence-corrected chi connectivity index (χ3v) is 8.84. The van der Waals surface area contributed by atoms with Gasteiger partial charge in [-0.2, -0.15) is 0 Å². The minimum atomic E-state index is -1.13. The van der Waals surface area contributed by atoms with Gasteiger partial charge in [-0.3, -0.25) is 14.5 Å². The first-order valence-electron chi connectivity index (χ1n) is 12.5. The molecule has 3 heterocycles. The van der Waals surface area contributed by atoms with Crippen molar-refractivity contribution in [2.24, 2.45) is 0 Å². The van der Waals surface area contributed by atoms with Gasteiger partial charge in [-0.15, -0.1) is 10.2 Å². The fourth-order valence-electron chi connectivity index (χ4n) is 4.78. The number of methoxy groups -OCH3 is 1. The van der Waals surface area contributed by atoms with Gasteiger partial charge in [0.05, 0.1) is 12.7 Å². The van der Waals surface area contributed by atoms with E-state index in [9.17, 15) is 19.1 Å². The average Bonchev–Trinajstić information content (AvgIpc) is 3.69. The Morgan fingerprint density at radius 3 is 2.66 bits per heavy atom. The Bertz CT molecular complexity index is 1840. The summed E-state index contributed by atoms with van der Waals surface area (Å²) >= 11 is 2.62. The number of amides is 1. The quantitative estimate of drug-likeness (QED) is 0.0741. The Balaban J connectivity index is 1.36. The number of aryl methyl sites for hydroxylation is 1. The molecule has 0 spiro atoms. The largest absolute Gasteiger partial charge is 0.507 e. The average molecular weight is 588 g/mol. The van der Waals surface area contributed by atoms with Gasteiger partial charge in [-0.1, -0.05) is 65.6 Å². The summed E-state index contributed by atoms with van der Waals surface area (Å²) in [4.78, 5) is 27.9. The molecule has 2 aromatic heterocycles. The zero-order valence-electron chi connectivity index (χ0n) is 21.8. The number of fused-ring (bicyclic) bond motifs is 1. The van der Waals surface area contributed by atoms with Gasteiger partial charge in [-0.25, -0.2) is 4.39 Å². The predicted octanol–water partition coefficient (Wildman–Crippen LogP) is 6.66. The first-order chi connectivity index (χ1) is 19.9. The lowest BCUT2D eigenvalue weighted by Crippen LogP contribution is -2.29. The molecule has 206 valence electrons. The van der Waals surface area contributed by atoms with E-state index in [0.717, 1.165) is 33.7 Å². The summed E-state index contributed by atoms with van der Waals surface area (Å²) in [5.74, 6) is -1.72. The first kappa shape index (κ1) is 26.7. The fraction of sp³-hybridized carbons (Fsp3) is 0.133. The molecule has 1 fully saturated rings. The summed E-state index contributed by atoms with van der Waals surface area (Å²) in [5.41, 5.74) is 0.898. The lowest BCUT2D eigenvalue weighted by molar-refractivity contribution is -0.132. The summed E-state index contributed by atoms with van der Waals surface area (Å²) < 4.78 is 25.8. The molecular formula is C30H22FN3O5S2. The number of rotatable bonds is 7. The van der Waals surface area contributed by atoms with Crippen LogP contribution in [-0.2, 0) is 15.3 Å². The highest BCUT2D eigenvalue weighted by Gasteiger charge is 2.49. The zero-order chi connectivity index (χ0) is 28.7. The minimum Gasteiger partial charge on any atom is -0.507 e. The number of aliphatic hydroxyl groups excluding tert-OH is 1. The molecule has 0 aliphatic carbocycles. The summed E-state index contributed by atoms with van der Waals surface area (Å²) in [6.45, 7) is 1.72. The molecule has 0 radical (unpaired) electrons. The van der Waals surface area contributed by atoms with E-state index >= 15 is 0 Å². The number of Topliss-reactive ketones (excluding diaryl/α,β-unsaturated/α-hetero) is 1. The van der Waals surface area contributed by atoms with E-state index in [2.05, 4.69) is 34.5 Å². The van der Waals surface area contributed by atoms with E-state index in [1.807, 2.05) is 18.2 Å². The third-order valence-electron chi connectivity index (χ3n) is 6.73. The number of benzene rings is 3. The Morgan fingerprint density at radius 2 is 1.90 bits per heavy atom. The van der Waals surface area contributed by atoms with Crippen molar-refractivity contribution in [1.82, 2.24) is 10.2 Å². The van der Waals surface area contributed by atoms with Crippen LogP contribution in [0.5, 0.6) is 5.75 Å². The lowest BCUT2D eigenvalue weighted by Gasteiger charge is -2.20. The Kier molecular flexibility index (Phi) is 7.06. The standard InChI is InChI=1S/C30H22FN3O5S2/c1-16-10-12-23(39-16)25-24(26(35)18-11-13-22(38-2)21(31)14-18)27(36)28(37)34(25)29-32-33-30(41-29)40-15-19-8-5-7-17-6-3-4-9-20(17)19/h3-14,25,35H,15H2,1-2H3. The van der Waals surface area contributed by atoms with Crippen molar-refractivity contribution in [3.63, 3.8) is 0 Å². The highest BCUT2D eigenvalue weighted by atomic mass is 32.2. The van der Waals surface area contributed by atoms with Gasteiger partial charge >= 0.3 is 5.91 Å². The van der Waals surface area contributed by atoms with Crippen molar-refractivity contribution in [2.45, 2.75) is 23.1 Å². The molecule has 6 rings (SSSR count). The molecule has 3 aromatic carbocycles. The molecule has 1 amide bonds. The number of thioether (sulfide) groups is 1. The van der Waals surface area contributed by atoms with E-state index in [0.29, 0.717) is 15.9 Å². The van der Waals surface area contributed by atoms with E-state index in [4.69, 9.17) is 9.15 Å². The monoisotopic (exact) mass is 587 g/mol. The molecule has 0 bridgehead atoms. The van der Waals surface area contributed by atoms with Crippen LogP contribution in [0.4, 0.5) is 9.52 Å². The number of aliphatic hydroxyl groups is 1. The Labute approximate surface area is 242 Å². The fourth-order valence-corrected chi connectivity index (χ4v) is 6.66. The van der Waals surface area contributed by atoms with Crippen molar-refractivity contribution in [3.05, 3.63) is 107 Å². The topological polar surface area (TPSA) is 106 Å². The predicted molar refractivity (Wildman–Crippen MR) is 155 cm³/mol. The third kappa shape index (κ3) is 4.87. The summed E-state index contributed by atoms with van der Waals surface area (Å²) in [5, 5.41) is 22.1. The maximum Gasteiger partial charge on any atom is 0.302 e. The van der Waals surface area contributed by atoms with Crippen molar-refractivity contribution in [2.75, 3.05) is 12.0 Å². The van der Waals surface area contributed by atoms with Gasteiger partial charge in [0, 0.05) is 11.3 Å². The second-order valence-corrected chi connectivity index (χ2v) is 11.4. The van der Waals surface area contributed by atoms with Crippen LogP contribution in [0.3, 0.4) is 0 Å². The molecule has 1 saturated heterocycles. The van der Waals surface area contributed by atoms with Gasteiger partial charge in [-0.05, 0) is 53.6 Å². The molecule has 41 heavy (non-hydrogen) atoms. The van der Waals surface area contributed by atoms with Gasteiger partial charge in [0.25, 0.3) is 5.78 Å². The van der Waals surface area contributed by atoms with Crippen molar-refractivity contribution in [1.29, 1.82) is 0 Å². The number of ether oxygens (including phenoxy) is 1.